The molecule has 6 rings (SSSR count). The van der Waals surface area contributed by atoms with E-state index in [0.717, 1.165) is 0 Å². The molecule has 0 radical (unpaired) electrons. The number of hydrogen-bond donors (Lipinski definition) is 4. The Morgan fingerprint density at radius 3 is 2.56 bits per heavy atom. The van der Waals surface area contributed by atoms with Crippen molar-refractivity contribution >= 4 is 11.9 Å². The second kappa shape index (κ2) is 4.84. The molecule has 0 aromatic carbocycles. The molecule has 6 fully saturated rings. The van der Waals surface area contributed by atoms with Gasteiger partial charge >= 0.3 is 11.9 Å². The first kappa shape index (κ1) is 17.8. The summed E-state index contributed by atoms with van der Waals surface area (Å²) in [5.74, 6) is -6.21. The summed E-state index contributed by atoms with van der Waals surface area (Å²) in [5, 5.41) is 43.3. The Balaban J connectivity index is 1.77. The standard InChI is InChI=1S/C19H26O8/c1-16(2)6-5-10(20)17-7-26-19(25)13(11(16)17)27-15(24)18(19)9(17)4-3-8(12(18)21)14(22)23/h8-13,20-21,25H,3-7H2,1-2H3,(H,22,23)/t8-,9?,10+,11?,12-,13+,17-,18-,19+/m1/s1. The first-order chi connectivity index (χ1) is 12.5. The van der Waals surface area contributed by atoms with Gasteiger partial charge in [0.25, 0.3) is 0 Å². The molecule has 6 aliphatic rings. The van der Waals surface area contributed by atoms with Crippen LogP contribution < -0.4 is 0 Å². The Hall–Kier alpha value is -1.22. The SMILES string of the molecule is CC1(C)CC[C@H](O)[C@@]23CO[C@@]4(O)[C@@H](OC(=O)[C@]45C2CC[C@@H](C(=O)O)[C@H]5O)C13. The lowest BCUT2D eigenvalue weighted by molar-refractivity contribution is -0.435. The molecule has 0 amide bonds. The van der Waals surface area contributed by atoms with Gasteiger partial charge in [-0.2, -0.15) is 0 Å². The number of ether oxygens (including phenoxy) is 2. The summed E-state index contributed by atoms with van der Waals surface area (Å²) in [6.45, 7) is 4.16. The minimum Gasteiger partial charge on any atom is -0.481 e. The highest BCUT2D eigenvalue weighted by Gasteiger charge is 2.90. The zero-order chi connectivity index (χ0) is 19.6. The number of rotatable bonds is 1. The van der Waals surface area contributed by atoms with E-state index in [1.165, 1.54) is 0 Å². The minimum absolute atomic E-state index is 0.0722. The van der Waals surface area contributed by atoms with Gasteiger partial charge in [0, 0.05) is 11.3 Å². The van der Waals surface area contributed by atoms with E-state index < -0.39 is 58.7 Å². The van der Waals surface area contributed by atoms with Gasteiger partial charge in [0.15, 0.2) is 11.5 Å². The van der Waals surface area contributed by atoms with Crippen LogP contribution in [0.2, 0.25) is 0 Å². The fourth-order valence-electron chi connectivity index (χ4n) is 7.63. The minimum atomic E-state index is -2.08. The van der Waals surface area contributed by atoms with Gasteiger partial charge in [-0.25, -0.2) is 0 Å². The predicted octanol–water partition coefficient (Wildman–Crippen LogP) is -0.114. The Kier molecular flexibility index (Phi) is 3.20. The second-order valence-electron chi connectivity index (χ2n) is 9.83. The van der Waals surface area contributed by atoms with E-state index in [4.69, 9.17) is 9.47 Å². The van der Waals surface area contributed by atoms with Crippen LogP contribution in [0.4, 0.5) is 0 Å². The van der Waals surface area contributed by atoms with Crippen LogP contribution in [0, 0.1) is 34.0 Å². The summed E-state index contributed by atoms with van der Waals surface area (Å²) in [4.78, 5) is 24.8. The van der Waals surface area contributed by atoms with E-state index in [9.17, 15) is 30.0 Å². The molecule has 2 spiro atoms. The van der Waals surface area contributed by atoms with E-state index >= 15 is 0 Å². The smallest absolute Gasteiger partial charge is 0.321 e. The van der Waals surface area contributed by atoms with Gasteiger partial charge in [0.2, 0.25) is 5.79 Å². The Morgan fingerprint density at radius 2 is 1.89 bits per heavy atom. The van der Waals surface area contributed by atoms with E-state index in [1.807, 2.05) is 13.8 Å². The van der Waals surface area contributed by atoms with Crippen molar-refractivity contribution in [2.45, 2.75) is 63.6 Å². The van der Waals surface area contributed by atoms with Crippen LogP contribution >= 0.6 is 0 Å². The number of fused-ring (bicyclic) bond motifs is 1. The van der Waals surface area contributed by atoms with E-state index in [1.54, 1.807) is 0 Å². The number of carboxylic acids is 1. The van der Waals surface area contributed by atoms with Crippen LogP contribution in [0.25, 0.3) is 0 Å². The zero-order valence-electron chi connectivity index (χ0n) is 15.4. The third-order valence-corrected chi connectivity index (χ3v) is 8.63. The molecule has 8 heteroatoms. The van der Waals surface area contributed by atoms with Crippen LogP contribution in [0.1, 0.15) is 39.5 Å². The lowest BCUT2D eigenvalue weighted by atomic mass is 9.35. The van der Waals surface area contributed by atoms with Crippen molar-refractivity contribution < 1.29 is 39.5 Å². The molecular formula is C19H26O8. The van der Waals surface area contributed by atoms with Crippen LogP contribution in [0.3, 0.4) is 0 Å². The van der Waals surface area contributed by atoms with E-state index in [0.29, 0.717) is 19.3 Å². The maximum absolute atomic E-state index is 13.1. The molecule has 0 aromatic heterocycles. The third-order valence-electron chi connectivity index (χ3n) is 8.63. The molecule has 4 N–H and O–H groups in total. The van der Waals surface area contributed by atoms with Crippen molar-refractivity contribution in [3.8, 4) is 0 Å². The largest absolute Gasteiger partial charge is 0.481 e. The van der Waals surface area contributed by atoms with Crippen molar-refractivity contribution in [3.05, 3.63) is 0 Å². The van der Waals surface area contributed by atoms with Gasteiger partial charge in [-0.3, -0.25) is 9.59 Å². The van der Waals surface area contributed by atoms with Crippen LogP contribution in [0.5, 0.6) is 0 Å². The Morgan fingerprint density at radius 1 is 1.19 bits per heavy atom. The third kappa shape index (κ3) is 1.60. The van der Waals surface area contributed by atoms with Gasteiger partial charge in [0.1, 0.15) is 0 Å². The van der Waals surface area contributed by atoms with Gasteiger partial charge in [-0.1, -0.05) is 13.8 Å². The summed E-state index contributed by atoms with van der Waals surface area (Å²) in [5.41, 5.74) is -3.04. The molecule has 0 aromatic rings. The molecule has 150 valence electrons. The van der Waals surface area contributed by atoms with Crippen LogP contribution in [0.15, 0.2) is 0 Å². The number of aliphatic carboxylic acids is 1. The summed E-state index contributed by atoms with van der Waals surface area (Å²) < 4.78 is 11.5. The summed E-state index contributed by atoms with van der Waals surface area (Å²) in [6, 6.07) is 0. The van der Waals surface area contributed by atoms with Gasteiger partial charge in [-0.05, 0) is 37.0 Å². The highest BCUT2D eigenvalue weighted by atomic mass is 16.7. The van der Waals surface area contributed by atoms with Gasteiger partial charge in [0.05, 0.1) is 24.7 Å². The summed E-state index contributed by atoms with van der Waals surface area (Å²) in [7, 11) is 0. The molecular weight excluding hydrogens is 356 g/mol. The topological polar surface area (TPSA) is 134 Å². The lowest BCUT2D eigenvalue weighted by Gasteiger charge is -2.72. The highest BCUT2D eigenvalue weighted by molar-refractivity contribution is 5.86. The highest BCUT2D eigenvalue weighted by Crippen LogP contribution is 2.76. The molecule has 8 nitrogen and oxygen atoms in total. The van der Waals surface area contributed by atoms with Crippen molar-refractivity contribution in [3.63, 3.8) is 0 Å². The normalized spacial score (nSPS) is 57.6. The lowest BCUT2D eigenvalue weighted by Crippen LogP contribution is -2.83. The van der Waals surface area contributed by atoms with Crippen molar-refractivity contribution in [1.29, 1.82) is 0 Å². The molecule has 9 atom stereocenters. The summed E-state index contributed by atoms with van der Waals surface area (Å²) >= 11 is 0. The molecule has 3 heterocycles. The van der Waals surface area contributed by atoms with E-state index in [2.05, 4.69) is 0 Å². The molecule has 2 unspecified atom stereocenters. The molecule has 3 aliphatic heterocycles. The fourth-order valence-corrected chi connectivity index (χ4v) is 7.63. The molecule has 27 heavy (non-hydrogen) atoms. The molecule has 3 saturated heterocycles. The number of esters is 1. The maximum Gasteiger partial charge on any atom is 0.321 e. The zero-order valence-corrected chi connectivity index (χ0v) is 15.4. The van der Waals surface area contributed by atoms with Crippen LogP contribution in [-0.2, 0) is 19.1 Å². The van der Waals surface area contributed by atoms with Gasteiger partial charge < -0.3 is 29.9 Å². The number of aliphatic hydroxyl groups excluding tert-OH is 2. The first-order valence-corrected chi connectivity index (χ1v) is 9.71. The molecule has 4 bridgehead atoms. The number of carboxylic acid groups (broad SMARTS) is 1. The Labute approximate surface area is 156 Å². The van der Waals surface area contributed by atoms with Crippen molar-refractivity contribution in [2.75, 3.05) is 6.61 Å². The maximum atomic E-state index is 13.1. The van der Waals surface area contributed by atoms with E-state index in [-0.39, 0.29) is 24.4 Å². The monoisotopic (exact) mass is 382 g/mol. The quantitative estimate of drug-likeness (QED) is 0.462. The second-order valence-corrected chi connectivity index (χ2v) is 9.83. The average molecular weight is 382 g/mol. The predicted molar refractivity (Wildman–Crippen MR) is 88.0 cm³/mol. The number of hydrogen-bond acceptors (Lipinski definition) is 7. The van der Waals surface area contributed by atoms with Crippen molar-refractivity contribution in [2.24, 2.45) is 34.0 Å². The van der Waals surface area contributed by atoms with Crippen molar-refractivity contribution in [1.82, 2.24) is 0 Å². The first-order valence-electron chi connectivity index (χ1n) is 9.71. The number of aliphatic hydroxyl groups is 3. The number of carbonyl (C=O) groups is 2. The summed E-state index contributed by atoms with van der Waals surface area (Å²) in [6.07, 6.45) is -1.70. The number of carbonyl (C=O) groups excluding carboxylic acids is 1. The Bertz CT molecular complexity index is 735. The molecule has 3 saturated carbocycles. The van der Waals surface area contributed by atoms with Crippen LogP contribution in [-0.4, -0.2) is 63.1 Å². The average Bonchev–Trinajstić information content (AvgIpc) is 2.75. The molecule has 3 aliphatic carbocycles. The fraction of sp³-hybridized carbons (Fsp3) is 0.895. The van der Waals surface area contributed by atoms with Gasteiger partial charge in [-0.15, -0.1) is 0 Å².